The average molecular weight is 631 g/mol. The lowest BCUT2D eigenvalue weighted by Gasteiger charge is -2.16. The van der Waals surface area contributed by atoms with Crippen molar-refractivity contribution in [3.05, 3.63) is 35.7 Å². The van der Waals surface area contributed by atoms with E-state index >= 15 is 0 Å². The minimum Gasteiger partial charge on any atom is -0.379 e. The van der Waals surface area contributed by atoms with Gasteiger partial charge in [0.25, 0.3) is 0 Å². The molecule has 0 aliphatic carbocycles. The molecule has 0 radical (unpaired) electrons. The molecule has 0 spiro atoms. The molecular formula is C29H42N8O6S. The molecule has 0 bridgehead atoms. The molecule has 1 aromatic heterocycles. The predicted molar refractivity (Wildman–Crippen MR) is 164 cm³/mol. The number of thioether (sulfide) groups is 1. The molecule has 2 aromatic rings. The van der Waals surface area contributed by atoms with Crippen LogP contribution < -0.4 is 21.3 Å². The summed E-state index contributed by atoms with van der Waals surface area (Å²) in [4.78, 5) is 35.6. The summed E-state index contributed by atoms with van der Waals surface area (Å²) in [6.45, 7) is 5.00. The Hall–Kier alpha value is -3.40. The first-order valence-corrected chi connectivity index (χ1v) is 16.1. The highest BCUT2D eigenvalue weighted by atomic mass is 32.2. The molecule has 3 heterocycles. The normalized spacial score (nSPS) is 18.8. The summed E-state index contributed by atoms with van der Waals surface area (Å²) >= 11 is 1.90. The van der Waals surface area contributed by atoms with Crippen molar-refractivity contribution in [2.45, 2.75) is 62.9 Å². The van der Waals surface area contributed by atoms with Crippen LogP contribution in [-0.2, 0) is 30.3 Å². The van der Waals surface area contributed by atoms with Crippen molar-refractivity contribution < 1.29 is 28.6 Å². The molecule has 0 saturated carbocycles. The molecule has 240 valence electrons. The maximum atomic E-state index is 12.1. The number of aromatic nitrogens is 4. The minimum atomic E-state index is -0.0926. The molecule has 44 heavy (non-hydrogen) atoms. The fourth-order valence-corrected chi connectivity index (χ4v) is 6.33. The molecule has 2 aliphatic rings. The SMILES string of the molecule is Cc1nnc(-c2ccc(CNC(=O)CCOCCOCCOCCNC(=O)CCCC[C@@H]3SC[C@@H]4NC(=O)N[C@@H]43)cc2)nn1. The van der Waals surface area contributed by atoms with Crippen LogP contribution in [0.15, 0.2) is 24.3 Å². The smallest absolute Gasteiger partial charge is 0.315 e. The predicted octanol–water partition coefficient (Wildman–Crippen LogP) is 1.14. The summed E-state index contributed by atoms with van der Waals surface area (Å²) in [5.74, 6) is 1.86. The van der Waals surface area contributed by atoms with E-state index in [0.29, 0.717) is 76.1 Å². The number of rotatable bonds is 20. The van der Waals surface area contributed by atoms with E-state index in [0.717, 1.165) is 36.1 Å². The lowest BCUT2D eigenvalue weighted by molar-refractivity contribution is -0.123. The van der Waals surface area contributed by atoms with Crippen LogP contribution in [0.3, 0.4) is 0 Å². The van der Waals surface area contributed by atoms with Gasteiger partial charge in [-0.2, -0.15) is 11.8 Å². The van der Waals surface area contributed by atoms with Gasteiger partial charge in [0.2, 0.25) is 17.6 Å². The van der Waals surface area contributed by atoms with Gasteiger partial charge in [0.1, 0.15) is 0 Å². The number of ether oxygens (including phenoxy) is 3. The quantitative estimate of drug-likeness (QED) is 0.122. The third-order valence-corrected chi connectivity index (χ3v) is 8.66. The van der Waals surface area contributed by atoms with Crippen LogP contribution in [0.5, 0.6) is 0 Å². The molecule has 1 aromatic carbocycles. The van der Waals surface area contributed by atoms with Crippen molar-refractivity contribution in [2.75, 3.05) is 51.9 Å². The lowest BCUT2D eigenvalue weighted by Crippen LogP contribution is -2.36. The first-order chi connectivity index (χ1) is 21.5. The van der Waals surface area contributed by atoms with E-state index < -0.39 is 0 Å². The number of fused-ring (bicyclic) bond motifs is 1. The van der Waals surface area contributed by atoms with Crippen molar-refractivity contribution in [3.8, 4) is 11.4 Å². The zero-order chi connectivity index (χ0) is 31.0. The van der Waals surface area contributed by atoms with Gasteiger partial charge in [0.05, 0.1) is 51.7 Å². The van der Waals surface area contributed by atoms with Gasteiger partial charge < -0.3 is 35.5 Å². The van der Waals surface area contributed by atoms with Crippen molar-refractivity contribution in [1.29, 1.82) is 0 Å². The Morgan fingerprint density at radius 3 is 2.30 bits per heavy atom. The first-order valence-electron chi connectivity index (χ1n) is 15.1. The van der Waals surface area contributed by atoms with Crippen LogP contribution >= 0.6 is 11.8 Å². The first kappa shape index (κ1) is 33.5. The van der Waals surface area contributed by atoms with E-state index in [1.165, 1.54) is 0 Å². The third-order valence-electron chi connectivity index (χ3n) is 7.15. The Kier molecular flexibility index (Phi) is 14.0. The standard InChI is InChI=1S/C29H42N8O6S/c1-20-34-36-28(37-35-20)22-8-6-21(7-9-22)18-31-26(39)10-12-41-14-16-43-17-15-42-13-11-30-25(38)5-3-2-4-24-27-23(19-44-24)32-29(40)33-27/h6-9,23-24,27H,2-5,10-19H2,1H3,(H,30,38)(H,31,39)(H2,32,33,40)/t23-,24-,27-/m0/s1. The molecular weight excluding hydrogens is 588 g/mol. The number of hydrogen-bond donors (Lipinski definition) is 4. The van der Waals surface area contributed by atoms with E-state index in [2.05, 4.69) is 41.7 Å². The van der Waals surface area contributed by atoms with E-state index in [4.69, 9.17) is 14.2 Å². The number of nitrogens with zero attached hydrogens (tertiary/aromatic N) is 4. The largest absolute Gasteiger partial charge is 0.379 e. The van der Waals surface area contributed by atoms with Gasteiger partial charge in [0, 0.05) is 42.5 Å². The Bertz CT molecular complexity index is 1190. The molecule has 0 unspecified atom stereocenters. The number of carbonyl (C=O) groups excluding carboxylic acids is 3. The summed E-state index contributed by atoms with van der Waals surface area (Å²) in [6, 6.07) is 7.93. The number of amides is 4. The Labute approximate surface area is 261 Å². The second-order valence-corrected chi connectivity index (χ2v) is 11.8. The maximum Gasteiger partial charge on any atom is 0.315 e. The van der Waals surface area contributed by atoms with Crippen LogP contribution in [0.1, 0.15) is 43.5 Å². The van der Waals surface area contributed by atoms with Gasteiger partial charge in [0.15, 0.2) is 5.82 Å². The summed E-state index contributed by atoms with van der Waals surface area (Å²) in [6.07, 6.45) is 3.56. The van der Waals surface area contributed by atoms with Gasteiger partial charge in [-0.15, -0.1) is 20.4 Å². The number of aryl methyl sites for hydroxylation is 1. The summed E-state index contributed by atoms with van der Waals surface area (Å²) < 4.78 is 16.4. The number of unbranched alkanes of at least 4 members (excludes halogenated alkanes) is 1. The monoisotopic (exact) mass is 630 g/mol. The second kappa shape index (κ2) is 18.4. The zero-order valence-corrected chi connectivity index (χ0v) is 25.9. The van der Waals surface area contributed by atoms with E-state index in [1.54, 1.807) is 6.92 Å². The third kappa shape index (κ3) is 11.6. The van der Waals surface area contributed by atoms with Crippen molar-refractivity contribution >= 4 is 29.6 Å². The van der Waals surface area contributed by atoms with Gasteiger partial charge in [-0.1, -0.05) is 30.7 Å². The zero-order valence-electron chi connectivity index (χ0n) is 25.1. The number of hydrogen-bond acceptors (Lipinski definition) is 11. The fourth-order valence-electron chi connectivity index (χ4n) is 4.79. The van der Waals surface area contributed by atoms with Gasteiger partial charge in [-0.3, -0.25) is 9.59 Å². The van der Waals surface area contributed by atoms with E-state index in [-0.39, 0.29) is 36.3 Å². The average Bonchev–Trinajstić information content (AvgIpc) is 3.58. The molecule has 14 nitrogen and oxygen atoms in total. The van der Waals surface area contributed by atoms with Crippen LogP contribution in [0.25, 0.3) is 11.4 Å². The van der Waals surface area contributed by atoms with Gasteiger partial charge >= 0.3 is 6.03 Å². The topological polar surface area (TPSA) is 179 Å². The van der Waals surface area contributed by atoms with Crippen molar-refractivity contribution in [2.24, 2.45) is 0 Å². The maximum absolute atomic E-state index is 12.1. The van der Waals surface area contributed by atoms with E-state index in [1.807, 2.05) is 36.0 Å². The van der Waals surface area contributed by atoms with Crippen LogP contribution in [0.2, 0.25) is 0 Å². The van der Waals surface area contributed by atoms with Crippen molar-refractivity contribution in [1.82, 2.24) is 41.7 Å². The fraction of sp³-hybridized carbons (Fsp3) is 0.621. The van der Waals surface area contributed by atoms with Crippen molar-refractivity contribution in [3.63, 3.8) is 0 Å². The van der Waals surface area contributed by atoms with Crippen LogP contribution in [-0.4, -0.2) is 108 Å². The molecule has 3 atom stereocenters. The Morgan fingerprint density at radius 2 is 1.55 bits per heavy atom. The number of carbonyl (C=O) groups is 3. The molecule has 4 N–H and O–H groups in total. The summed E-state index contributed by atoms with van der Waals surface area (Å²) in [7, 11) is 0. The van der Waals surface area contributed by atoms with Gasteiger partial charge in [-0.05, 0) is 25.3 Å². The Morgan fingerprint density at radius 1 is 0.864 bits per heavy atom. The molecule has 2 saturated heterocycles. The molecule has 4 rings (SSSR count). The minimum absolute atomic E-state index is 0.0301. The molecule has 4 amide bonds. The second-order valence-electron chi connectivity index (χ2n) is 10.5. The molecule has 15 heteroatoms. The van der Waals surface area contributed by atoms with Gasteiger partial charge in [-0.25, -0.2) is 4.79 Å². The summed E-state index contributed by atoms with van der Waals surface area (Å²) in [5, 5.41) is 28.0. The Balaban J connectivity index is 0.891. The highest BCUT2D eigenvalue weighted by molar-refractivity contribution is 8.00. The highest BCUT2D eigenvalue weighted by Gasteiger charge is 2.42. The molecule has 2 fully saturated rings. The summed E-state index contributed by atoms with van der Waals surface area (Å²) in [5.41, 5.74) is 1.76. The highest BCUT2D eigenvalue weighted by Crippen LogP contribution is 2.33. The van der Waals surface area contributed by atoms with Crippen LogP contribution in [0.4, 0.5) is 4.79 Å². The number of benzene rings is 1. The van der Waals surface area contributed by atoms with Crippen LogP contribution in [0, 0.1) is 6.92 Å². The van der Waals surface area contributed by atoms with E-state index in [9.17, 15) is 14.4 Å². The number of nitrogens with one attached hydrogen (secondary N) is 4. The lowest BCUT2D eigenvalue weighted by atomic mass is 10.0. The number of urea groups is 1. The molecule has 2 aliphatic heterocycles.